The van der Waals surface area contributed by atoms with Crippen molar-refractivity contribution in [2.24, 2.45) is 5.92 Å². The number of unbranched alkanes of at least 4 members (excludes halogenated alkanes) is 14. The van der Waals surface area contributed by atoms with E-state index >= 15 is 0 Å². The first-order chi connectivity index (χ1) is 15.5. The molecule has 0 aromatic heterocycles. The molecule has 4 nitrogen and oxygen atoms in total. The Morgan fingerprint density at radius 1 is 0.594 bits per heavy atom. The Morgan fingerprint density at radius 3 is 1.50 bits per heavy atom. The summed E-state index contributed by atoms with van der Waals surface area (Å²) in [5, 5.41) is 0. The molecule has 0 radical (unpaired) electrons. The molecule has 0 saturated carbocycles. The fourth-order valence-electron chi connectivity index (χ4n) is 4.10. The smallest absolute Gasteiger partial charge is 0.306 e. The third kappa shape index (κ3) is 23.6. The molecule has 0 N–H and O–H groups in total. The monoisotopic (exact) mass is 454 g/mol. The highest BCUT2D eigenvalue weighted by atomic mass is 16.5. The van der Waals surface area contributed by atoms with E-state index in [0.29, 0.717) is 25.4 Å². The molecule has 0 bridgehead atoms. The summed E-state index contributed by atoms with van der Waals surface area (Å²) in [6, 6.07) is 0. The van der Waals surface area contributed by atoms with Gasteiger partial charge in [-0.3, -0.25) is 9.59 Å². The second-order valence-electron chi connectivity index (χ2n) is 9.95. The maximum atomic E-state index is 11.8. The average Bonchev–Trinajstić information content (AvgIpc) is 2.72. The number of esters is 2. The van der Waals surface area contributed by atoms with Crippen LogP contribution in [0.5, 0.6) is 0 Å². The van der Waals surface area contributed by atoms with Crippen LogP contribution in [0.15, 0.2) is 0 Å². The SMILES string of the molecule is CCCCCCCCCCCCCCCCCOC(=O)CCCC(=O)OC(C)CC(C)C. The number of carbonyl (C=O) groups excluding carboxylic acids is 2. The van der Waals surface area contributed by atoms with Gasteiger partial charge in [-0.1, -0.05) is 111 Å². The van der Waals surface area contributed by atoms with E-state index in [1.165, 1.54) is 83.5 Å². The van der Waals surface area contributed by atoms with Gasteiger partial charge in [0.05, 0.1) is 12.7 Å². The average molecular weight is 455 g/mol. The van der Waals surface area contributed by atoms with Crippen molar-refractivity contribution < 1.29 is 19.1 Å². The minimum atomic E-state index is -0.214. The van der Waals surface area contributed by atoms with E-state index in [4.69, 9.17) is 9.47 Å². The highest BCUT2D eigenvalue weighted by Crippen LogP contribution is 2.14. The van der Waals surface area contributed by atoms with Crippen molar-refractivity contribution in [2.45, 2.75) is 156 Å². The molecule has 0 heterocycles. The van der Waals surface area contributed by atoms with Crippen LogP contribution in [0, 0.1) is 5.92 Å². The van der Waals surface area contributed by atoms with Crippen LogP contribution in [0.2, 0.25) is 0 Å². The fraction of sp³-hybridized carbons (Fsp3) is 0.929. The summed E-state index contributed by atoms with van der Waals surface area (Å²) in [5.41, 5.74) is 0. The molecule has 0 saturated heterocycles. The summed E-state index contributed by atoms with van der Waals surface area (Å²) in [6.07, 6.45) is 21.8. The molecule has 1 atom stereocenters. The largest absolute Gasteiger partial charge is 0.466 e. The van der Waals surface area contributed by atoms with Crippen LogP contribution < -0.4 is 0 Å². The van der Waals surface area contributed by atoms with E-state index in [1.54, 1.807) is 0 Å². The fourth-order valence-corrected chi connectivity index (χ4v) is 4.10. The molecule has 190 valence electrons. The number of rotatable bonds is 23. The third-order valence-corrected chi connectivity index (χ3v) is 5.91. The second-order valence-corrected chi connectivity index (χ2v) is 9.95. The van der Waals surface area contributed by atoms with Gasteiger partial charge in [0.1, 0.15) is 0 Å². The molecule has 0 aromatic carbocycles. The Hall–Kier alpha value is -1.06. The van der Waals surface area contributed by atoms with Gasteiger partial charge < -0.3 is 9.47 Å². The molecule has 0 aliphatic carbocycles. The van der Waals surface area contributed by atoms with Crippen LogP contribution in [0.3, 0.4) is 0 Å². The summed E-state index contributed by atoms with van der Waals surface area (Å²) in [6.45, 7) is 8.92. The number of hydrogen-bond acceptors (Lipinski definition) is 4. The lowest BCUT2D eigenvalue weighted by Gasteiger charge is -2.15. The Morgan fingerprint density at radius 2 is 1.03 bits per heavy atom. The van der Waals surface area contributed by atoms with Crippen LogP contribution in [0.4, 0.5) is 0 Å². The van der Waals surface area contributed by atoms with Gasteiger partial charge in [-0.2, -0.15) is 0 Å². The van der Waals surface area contributed by atoms with Crippen molar-refractivity contribution in [1.82, 2.24) is 0 Å². The molecule has 0 spiro atoms. The Kier molecular flexibility index (Phi) is 22.3. The van der Waals surface area contributed by atoms with Crippen LogP contribution in [-0.2, 0) is 19.1 Å². The van der Waals surface area contributed by atoms with Crippen molar-refractivity contribution in [2.75, 3.05) is 6.61 Å². The first kappa shape index (κ1) is 30.9. The summed E-state index contributed by atoms with van der Waals surface area (Å²) in [7, 11) is 0. The van der Waals surface area contributed by atoms with Gasteiger partial charge in [-0.25, -0.2) is 0 Å². The molecular formula is C28H54O4. The van der Waals surface area contributed by atoms with E-state index in [-0.39, 0.29) is 24.5 Å². The summed E-state index contributed by atoms with van der Waals surface area (Å²) in [4.78, 5) is 23.5. The Labute approximate surface area is 199 Å². The topological polar surface area (TPSA) is 52.6 Å². The maximum Gasteiger partial charge on any atom is 0.306 e. The van der Waals surface area contributed by atoms with E-state index in [1.807, 2.05) is 6.92 Å². The normalized spacial score (nSPS) is 12.2. The zero-order valence-corrected chi connectivity index (χ0v) is 21.9. The molecule has 4 heteroatoms. The predicted octanol–water partition coefficient (Wildman–Crippen LogP) is 8.55. The molecule has 0 rings (SSSR count). The van der Waals surface area contributed by atoms with Crippen molar-refractivity contribution in [3.8, 4) is 0 Å². The van der Waals surface area contributed by atoms with Crippen molar-refractivity contribution in [3.05, 3.63) is 0 Å². The van der Waals surface area contributed by atoms with Crippen molar-refractivity contribution >= 4 is 11.9 Å². The molecule has 0 amide bonds. The van der Waals surface area contributed by atoms with Gasteiger partial charge in [0.2, 0.25) is 0 Å². The minimum absolute atomic E-state index is 0.0560. The van der Waals surface area contributed by atoms with Crippen LogP contribution >= 0.6 is 0 Å². The summed E-state index contributed by atoms with van der Waals surface area (Å²) < 4.78 is 10.6. The molecule has 1 unspecified atom stereocenters. The standard InChI is InChI=1S/C28H54O4/c1-5-6-7-8-9-10-11-12-13-14-15-16-17-18-19-23-31-27(29)21-20-22-28(30)32-26(4)24-25(2)3/h25-26H,5-24H2,1-4H3. The Bertz CT molecular complexity index is 433. The lowest BCUT2D eigenvalue weighted by atomic mass is 10.0. The van der Waals surface area contributed by atoms with Crippen LogP contribution in [-0.4, -0.2) is 24.6 Å². The first-order valence-electron chi connectivity index (χ1n) is 13.8. The molecule has 0 aliphatic rings. The number of ether oxygens (including phenoxy) is 2. The van der Waals surface area contributed by atoms with Gasteiger partial charge in [-0.05, 0) is 32.1 Å². The summed E-state index contributed by atoms with van der Waals surface area (Å²) in [5.74, 6) is 0.0965. The van der Waals surface area contributed by atoms with Gasteiger partial charge in [0, 0.05) is 12.8 Å². The van der Waals surface area contributed by atoms with Gasteiger partial charge >= 0.3 is 11.9 Å². The van der Waals surface area contributed by atoms with E-state index < -0.39 is 0 Å². The van der Waals surface area contributed by atoms with Crippen LogP contribution in [0.1, 0.15) is 150 Å². The Balaban J connectivity index is 3.32. The molecular weight excluding hydrogens is 400 g/mol. The van der Waals surface area contributed by atoms with Gasteiger partial charge in [-0.15, -0.1) is 0 Å². The van der Waals surface area contributed by atoms with E-state index in [9.17, 15) is 9.59 Å². The molecule has 0 aliphatic heterocycles. The predicted molar refractivity (Wildman–Crippen MR) is 135 cm³/mol. The second kappa shape index (κ2) is 23.1. The van der Waals surface area contributed by atoms with Gasteiger partial charge in [0.25, 0.3) is 0 Å². The maximum absolute atomic E-state index is 11.8. The highest BCUT2D eigenvalue weighted by Gasteiger charge is 2.12. The zero-order valence-electron chi connectivity index (χ0n) is 21.9. The quantitative estimate of drug-likeness (QED) is 0.115. The van der Waals surface area contributed by atoms with Gasteiger partial charge in [0.15, 0.2) is 0 Å². The number of hydrogen-bond donors (Lipinski definition) is 0. The highest BCUT2D eigenvalue weighted by molar-refractivity contribution is 5.72. The molecule has 0 fully saturated rings. The zero-order chi connectivity index (χ0) is 23.9. The van der Waals surface area contributed by atoms with E-state index in [0.717, 1.165) is 19.3 Å². The van der Waals surface area contributed by atoms with E-state index in [2.05, 4.69) is 20.8 Å². The summed E-state index contributed by atoms with van der Waals surface area (Å²) >= 11 is 0. The third-order valence-electron chi connectivity index (χ3n) is 5.91. The lowest BCUT2D eigenvalue weighted by Crippen LogP contribution is -2.17. The van der Waals surface area contributed by atoms with Crippen LogP contribution in [0.25, 0.3) is 0 Å². The molecule has 0 aromatic rings. The molecule has 32 heavy (non-hydrogen) atoms. The number of carbonyl (C=O) groups is 2. The van der Waals surface area contributed by atoms with Crippen molar-refractivity contribution in [3.63, 3.8) is 0 Å². The van der Waals surface area contributed by atoms with Crippen molar-refractivity contribution in [1.29, 1.82) is 0 Å². The lowest BCUT2D eigenvalue weighted by molar-refractivity contribution is -0.149. The minimum Gasteiger partial charge on any atom is -0.466 e. The first-order valence-corrected chi connectivity index (χ1v) is 13.8.